The Kier molecular flexibility index (Phi) is 4.86. The van der Waals surface area contributed by atoms with Gasteiger partial charge in [0.05, 0.1) is 16.8 Å². The van der Waals surface area contributed by atoms with Crippen LogP contribution in [0.15, 0.2) is 59.7 Å². The lowest BCUT2D eigenvalue weighted by molar-refractivity contribution is 0.0698. The van der Waals surface area contributed by atoms with Crippen LogP contribution in [0.1, 0.15) is 26.3 Å². The number of fused-ring (bicyclic) bond motifs is 1. The third-order valence-corrected chi connectivity index (χ3v) is 4.07. The summed E-state index contributed by atoms with van der Waals surface area (Å²) in [5.74, 6) is -1.62. The summed E-state index contributed by atoms with van der Waals surface area (Å²) in [6, 6.07) is 14.2. The third-order valence-electron chi connectivity index (χ3n) is 3.77. The molecule has 0 aliphatic heterocycles. The lowest BCUT2D eigenvalue weighted by Crippen LogP contribution is -2.17. The summed E-state index contributed by atoms with van der Waals surface area (Å²) < 4.78 is 0. The zero-order chi connectivity index (χ0) is 18.7. The number of carbonyl (C=O) groups excluding carboxylic acids is 1. The Labute approximate surface area is 153 Å². The van der Waals surface area contributed by atoms with E-state index in [1.54, 1.807) is 30.3 Å². The minimum Gasteiger partial charge on any atom is -0.506 e. The summed E-state index contributed by atoms with van der Waals surface area (Å²) in [6.07, 6.45) is 1.44. The van der Waals surface area contributed by atoms with Crippen LogP contribution in [0.4, 0.5) is 0 Å². The maximum Gasteiger partial charge on any atom is 0.336 e. The van der Waals surface area contributed by atoms with E-state index in [0.29, 0.717) is 16.3 Å². The number of carboxylic acid groups (broad SMARTS) is 1. The second-order valence-corrected chi connectivity index (χ2v) is 5.83. The smallest absolute Gasteiger partial charge is 0.336 e. The molecule has 0 bridgehead atoms. The Balaban J connectivity index is 1.85. The number of nitrogens with one attached hydrogen (secondary N) is 1. The monoisotopic (exact) mass is 368 g/mol. The van der Waals surface area contributed by atoms with Crippen molar-refractivity contribution in [1.82, 2.24) is 5.43 Å². The first-order valence-electron chi connectivity index (χ1n) is 7.54. The highest BCUT2D eigenvalue weighted by molar-refractivity contribution is 6.32. The second-order valence-electron chi connectivity index (χ2n) is 5.42. The number of halogens is 1. The minimum atomic E-state index is -1.01. The maximum absolute atomic E-state index is 12.1. The van der Waals surface area contributed by atoms with Crippen molar-refractivity contribution in [3.05, 3.63) is 76.3 Å². The van der Waals surface area contributed by atoms with Crippen LogP contribution >= 0.6 is 11.6 Å². The molecule has 3 aromatic rings. The van der Waals surface area contributed by atoms with E-state index in [4.69, 9.17) is 11.6 Å². The van der Waals surface area contributed by atoms with Crippen LogP contribution in [0.5, 0.6) is 5.75 Å². The normalized spacial score (nSPS) is 11.0. The van der Waals surface area contributed by atoms with Gasteiger partial charge in [-0.25, -0.2) is 10.2 Å². The Morgan fingerprint density at radius 1 is 1.04 bits per heavy atom. The Morgan fingerprint density at radius 3 is 2.46 bits per heavy atom. The van der Waals surface area contributed by atoms with E-state index >= 15 is 0 Å². The molecule has 0 unspecified atom stereocenters. The van der Waals surface area contributed by atoms with Gasteiger partial charge < -0.3 is 10.2 Å². The Morgan fingerprint density at radius 2 is 1.77 bits per heavy atom. The standard InChI is InChI=1S/C19H13ClN2O4/c20-16-9-11(6-8-17(16)23)18(24)22-21-10-12-5-7-15(19(25)26)14-4-2-1-3-13(12)14/h1-10,23H,(H,22,24)(H,25,26). The molecule has 0 saturated heterocycles. The van der Waals surface area contributed by atoms with Crippen LogP contribution < -0.4 is 5.43 Å². The van der Waals surface area contributed by atoms with Crippen LogP contribution in [-0.4, -0.2) is 28.3 Å². The molecule has 3 rings (SSSR count). The van der Waals surface area contributed by atoms with Gasteiger partial charge in [-0.05, 0) is 35.0 Å². The molecule has 3 aromatic carbocycles. The minimum absolute atomic E-state index is 0.0666. The van der Waals surface area contributed by atoms with Crippen molar-refractivity contribution in [1.29, 1.82) is 0 Å². The van der Waals surface area contributed by atoms with E-state index in [2.05, 4.69) is 10.5 Å². The van der Waals surface area contributed by atoms with Gasteiger partial charge in [0.15, 0.2) is 0 Å². The number of rotatable bonds is 4. The van der Waals surface area contributed by atoms with Gasteiger partial charge in [0.25, 0.3) is 5.91 Å². The molecule has 0 heterocycles. The highest BCUT2D eigenvalue weighted by atomic mass is 35.5. The summed E-state index contributed by atoms with van der Waals surface area (Å²) in [7, 11) is 0. The molecule has 0 aromatic heterocycles. The number of hydrazone groups is 1. The molecular weight excluding hydrogens is 356 g/mol. The summed E-state index contributed by atoms with van der Waals surface area (Å²) in [5, 5.41) is 23.9. The van der Waals surface area contributed by atoms with Gasteiger partial charge in [0.2, 0.25) is 0 Å². The molecule has 0 radical (unpaired) electrons. The van der Waals surface area contributed by atoms with Crippen molar-refractivity contribution in [2.45, 2.75) is 0 Å². The molecule has 7 heteroatoms. The van der Waals surface area contributed by atoms with Gasteiger partial charge in [-0.3, -0.25) is 4.79 Å². The second kappa shape index (κ2) is 7.25. The molecule has 130 valence electrons. The number of carbonyl (C=O) groups is 2. The number of benzene rings is 3. The highest BCUT2D eigenvalue weighted by Gasteiger charge is 2.10. The first-order valence-corrected chi connectivity index (χ1v) is 7.92. The fourth-order valence-corrected chi connectivity index (χ4v) is 2.68. The molecule has 0 saturated carbocycles. The molecule has 6 nitrogen and oxygen atoms in total. The molecule has 0 spiro atoms. The zero-order valence-corrected chi connectivity index (χ0v) is 14.1. The predicted molar refractivity (Wildman–Crippen MR) is 99.1 cm³/mol. The van der Waals surface area contributed by atoms with E-state index in [-0.39, 0.29) is 21.9 Å². The van der Waals surface area contributed by atoms with E-state index in [9.17, 15) is 19.8 Å². The van der Waals surface area contributed by atoms with E-state index < -0.39 is 11.9 Å². The number of nitrogens with zero attached hydrogens (tertiary/aromatic N) is 1. The highest BCUT2D eigenvalue weighted by Crippen LogP contribution is 2.24. The third kappa shape index (κ3) is 3.50. The number of carboxylic acids is 1. The number of aromatic carboxylic acids is 1. The largest absolute Gasteiger partial charge is 0.506 e. The SMILES string of the molecule is O=C(NN=Cc1ccc(C(=O)O)c2ccccc12)c1ccc(O)c(Cl)c1. The number of hydrogen-bond donors (Lipinski definition) is 3. The lowest BCUT2D eigenvalue weighted by Gasteiger charge is -2.06. The fraction of sp³-hybridized carbons (Fsp3) is 0. The van der Waals surface area contributed by atoms with E-state index in [0.717, 1.165) is 0 Å². The number of phenolic OH excluding ortho intramolecular Hbond substituents is 1. The van der Waals surface area contributed by atoms with E-state index in [1.165, 1.54) is 30.5 Å². The average molecular weight is 369 g/mol. The molecule has 0 atom stereocenters. The molecule has 3 N–H and O–H groups in total. The zero-order valence-electron chi connectivity index (χ0n) is 13.3. The van der Waals surface area contributed by atoms with E-state index in [1.807, 2.05) is 0 Å². The molecule has 0 aliphatic carbocycles. The number of amides is 1. The average Bonchev–Trinajstić information content (AvgIpc) is 2.63. The predicted octanol–water partition coefficient (Wildman–Crippen LogP) is 3.66. The number of hydrogen-bond acceptors (Lipinski definition) is 4. The van der Waals surface area contributed by atoms with Gasteiger partial charge in [0.1, 0.15) is 5.75 Å². The Bertz CT molecular complexity index is 1050. The molecule has 26 heavy (non-hydrogen) atoms. The molecular formula is C19H13ClN2O4. The summed E-state index contributed by atoms with van der Waals surface area (Å²) in [6.45, 7) is 0. The van der Waals surface area contributed by atoms with Crippen molar-refractivity contribution in [2.75, 3.05) is 0 Å². The van der Waals surface area contributed by atoms with Gasteiger partial charge in [-0.15, -0.1) is 0 Å². The molecule has 1 amide bonds. The van der Waals surface area contributed by atoms with Crippen molar-refractivity contribution < 1.29 is 19.8 Å². The maximum atomic E-state index is 12.1. The quantitative estimate of drug-likeness (QED) is 0.483. The summed E-state index contributed by atoms with van der Waals surface area (Å²) in [4.78, 5) is 23.4. The van der Waals surface area contributed by atoms with Gasteiger partial charge >= 0.3 is 5.97 Å². The summed E-state index contributed by atoms with van der Waals surface area (Å²) >= 11 is 5.78. The topological polar surface area (TPSA) is 99.0 Å². The van der Waals surface area contributed by atoms with Gasteiger partial charge in [0, 0.05) is 11.1 Å². The van der Waals surface area contributed by atoms with Crippen LogP contribution in [0.25, 0.3) is 10.8 Å². The first-order chi connectivity index (χ1) is 12.5. The van der Waals surface area contributed by atoms with Crippen LogP contribution in [0.2, 0.25) is 5.02 Å². The number of aromatic hydroxyl groups is 1. The number of phenols is 1. The fourth-order valence-electron chi connectivity index (χ4n) is 2.49. The van der Waals surface area contributed by atoms with Gasteiger partial charge in [-0.1, -0.05) is 41.9 Å². The summed E-state index contributed by atoms with van der Waals surface area (Å²) in [5.41, 5.74) is 3.47. The molecule has 0 fully saturated rings. The van der Waals surface area contributed by atoms with Crippen LogP contribution in [0, 0.1) is 0 Å². The van der Waals surface area contributed by atoms with Crippen molar-refractivity contribution >= 4 is 40.5 Å². The van der Waals surface area contributed by atoms with Gasteiger partial charge in [-0.2, -0.15) is 5.10 Å². The Hall–Kier alpha value is -3.38. The van der Waals surface area contributed by atoms with Crippen LogP contribution in [0.3, 0.4) is 0 Å². The first kappa shape index (κ1) is 17.4. The van der Waals surface area contributed by atoms with Crippen molar-refractivity contribution in [3.8, 4) is 5.75 Å². The van der Waals surface area contributed by atoms with Crippen molar-refractivity contribution in [3.63, 3.8) is 0 Å². The van der Waals surface area contributed by atoms with Crippen LogP contribution in [-0.2, 0) is 0 Å². The molecule has 0 aliphatic rings. The lowest BCUT2D eigenvalue weighted by atomic mass is 10.0. The van der Waals surface area contributed by atoms with Crippen molar-refractivity contribution in [2.24, 2.45) is 5.10 Å².